The fourth-order valence-electron chi connectivity index (χ4n) is 1.25. The second kappa shape index (κ2) is 5.19. The Balaban J connectivity index is 2.59. The summed E-state index contributed by atoms with van der Waals surface area (Å²) in [5, 5.41) is 3.13. The molecule has 15 heavy (non-hydrogen) atoms. The molecule has 1 aromatic heterocycles. The van der Waals surface area contributed by atoms with Crippen molar-refractivity contribution in [2.24, 2.45) is 5.73 Å². The molecule has 1 atom stereocenters. The predicted octanol–water partition coefficient (Wildman–Crippen LogP) is 0.766. The molecule has 0 radical (unpaired) electrons. The summed E-state index contributed by atoms with van der Waals surface area (Å²) in [6.45, 7) is 1.89. The fourth-order valence-corrected chi connectivity index (χ4v) is 1.25. The average molecular weight is 209 g/mol. The molecule has 1 unspecified atom stereocenters. The number of pyridine rings is 1. The van der Waals surface area contributed by atoms with Gasteiger partial charge in [0.25, 0.3) is 0 Å². The van der Waals surface area contributed by atoms with Gasteiger partial charge in [-0.25, -0.2) is 4.98 Å². The highest BCUT2D eigenvalue weighted by Crippen LogP contribution is 2.14. The zero-order chi connectivity index (χ0) is 11.3. The number of anilines is 1. The van der Waals surface area contributed by atoms with Crippen molar-refractivity contribution in [1.29, 1.82) is 0 Å². The van der Waals surface area contributed by atoms with Gasteiger partial charge in [0.2, 0.25) is 11.8 Å². The third kappa shape index (κ3) is 3.84. The molecule has 5 heteroatoms. The lowest BCUT2D eigenvalue weighted by atomic mass is 10.2. The molecule has 0 bridgehead atoms. The van der Waals surface area contributed by atoms with Crippen molar-refractivity contribution >= 4 is 11.6 Å². The highest BCUT2D eigenvalue weighted by molar-refractivity contribution is 5.74. The smallest absolute Gasteiger partial charge is 0.219 e. The van der Waals surface area contributed by atoms with Gasteiger partial charge >= 0.3 is 0 Å². The molecule has 0 aromatic carbocycles. The van der Waals surface area contributed by atoms with Gasteiger partial charge in [-0.2, -0.15) is 0 Å². The van der Waals surface area contributed by atoms with E-state index in [0.29, 0.717) is 12.3 Å². The molecule has 5 nitrogen and oxygen atoms in total. The molecule has 0 saturated carbocycles. The van der Waals surface area contributed by atoms with Crippen LogP contribution in [-0.4, -0.2) is 24.0 Å². The summed E-state index contributed by atoms with van der Waals surface area (Å²) in [7, 11) is 1.55. The maximum Gasteiger partial charge on any atom is 0.219 e. The highest BCUT2D eigenvalue weighted by atomic mass is 16.5. The third-order valence-corrected chi connectivity index (χ3v) is 1.86. The summed E-state index contributed by atoms with van der Waals surface area (Å²) in [5.74, 6) is 0.210. The van der Waals surface area contributed by atoms with Crippen LogP contribution in [0.5, 0.6) is 5.88 Å². The first-order chi connectivity index (χ1) is 7.11. The predicted molar refractivity (Wildman–Crippen MR) is 57.7 cm³/mol. The third-order valence-electron chi connectivity index (χ3n) is 1.86. The van der Waals surface area contributed by atoms with Gasteiger partial charge in [-0.3, -0.25) is 4.79 Å². The van der Waals surface area contributed by atoms with Crippen LogP contribution in [0.15, 0.2) is 18.3 Å². The molecule has 0 aliphatic rings. The number of primary amides is 1. The zero-order valence-corrected chi connectivity index (χ0v) is 8.86. The van der Waals surface area contributed by atoms with E-state index in [0.717, 1.165) is 5.69 Å². The van der Waals surface area contributed by atoms with Crippen LogP contribution in [0, 0.1) is 0 Å². The number of aromatic nitrogens is 1. The van der Waals surface area contributed by atoms with Crippen molar-refractivity contribution in [3.8, 4) is 5.88 Å². The van der Waals surface area contributed by atoms with Crippen LogP contribution in [-0.2, 0) is 4.79 Å². The van der Waals surface area contributed by atoms with Crippen LogP contribution in [0.4, 0.5) is 5.69 Å². The van der Waals surface area contributed by atoms with Gasteiger partial charge in [0.05, 0.1) is 7.11 Å². The van der Waals surface area contributed by atoms with Crippen molar-refractivity contribution in [1.82, 2.24) is 4.98 Å². The van der Waals surface area contributed by atoms with Crippen LogP contribution < -0.4 is 15.8 Å². The van der Waals surface area contributed by atoms with E-state index in [9.17, 15) is 4.79 Å². The quantitative estimate of drug-likeness (QED) is 0.750. The minimum absolute atomic E-state index is 0.00499. The number of rotatable bonds is 5. The normalized spacial score (nSPS) is 11.9. The Morgan fingerprint density at radius 1 is 1.73 bits per heavy atom. The number of carbonyl (C=O) groups excluding carboxylic acids is 1. The average Bonchev–Trinajstić information content (AvgIpc) is 2.16. The summed E-state index contributed by atoms with van der Waals surface area (Å²) in [6, 6.07) is 3.56. The van der Waals surface area contributed by atoms with E-state index in [1.54, 1.807) is 25.4 Å². The maximum absolute atomic E-state index is 10.7. The lowest BCUT2D eigenvalue weighted by molar-refractivity contribution is -0.118. The monoisotopic (exact) mass is 209 g/mol. The molecule has 82 valence electrons. The summed E-state index contributed by atoms with van der Waals surface area (Å²) in [4.78, 5) is 14.6. The number of nitrogens with two attached hydrogens (primary N) is 1. The topological polar surface area (TPSA) is 77.2 Å². The highest BCUT2D eigenvalue weighted by Gasteiger charge is 2.06. The molecular formula is C10H15N3O2. The van der Waals surface area contributed by atoms with Gasteiger partial charge in [-0.15, -0.1) is 0 Å². The van der Waals surface area contributed by atoms with Gasteiger partial charge in [0, 0.05) is 30.4 Å². The van der Waals surface area contributed by atoms with Crippen molar-refractivity contribution in [3.05, 3.63) is 18.3 Å². The Morgan fingerprint density at radius 2 is 2.47 bits per heavy atom. The minimum atomic E-state index is -0.323. The number of hydrogen-bond donors (Lipinski definition) is 2. The standard InChI is InChI=1S/C10H15N3O2/c1-7(5-9(11)14)13-8-3-4-12-10(6-8)15-2/h3-4,6-7H,5H2,1-2H3,(H2,11,14)(H,12,13). The van der Waals surface area contributed by atoms with E-state index < -0.39 is 0 Å². The summed E-state index contributed by atoms with van der Waals surface area (Å²) in [6.07, 6.45) is 1.93. The molecule has 0 fully saturated rings. The Labute approximate surface area is 88.6 Å². The van der Waals surface area contributed by atoms with E-state index in [1.165, 1.54) is 0 Å². The van der Waals surface area contributed by atoms with Gasteiger partial charge in [-0.05, 0) is 13.0 Å². The number of amides is 1. The first-order valence-electron chi connectivity index (χ1n) is 4.66. The summed E-state index contributed by atoms with van der Waals surface area (Å²) >= 11 is 0. The van der Waals surface area contributed by atoms with Crippen LogP contribution in [0.2, 0.25) is 0 Å². The first-order valence-corrected chi connectivity index (χ1v) is 4.66. The maximum atomic E-state index is 10.7. The molecule has 0 aliphatic heterocycles. The van der Waals surface area contributed by atoms with E-state index in [2.05, 4.69) is 10.3 Å². The molecule has 1 rings (SSSR count). The molecular weight excluding hydrogens is 194 g/mol. The Bertz CT molecular complexity index is 341. The fraction of sp³-hybridized carbons (Fsp3) is 0.400. The Kier molecular flexibility index (Phi) is 3.91. The van der Waals surface area contributed by atoms with Crippen LogP contribution >= 0.6 is 0 Å². The lowest BCUT2D eigenvalue weighted by Crippen LogP contribution is -2.23. The van der Waals surface area contributed by atoms with Crippen molar-refractivity contribution < 1.29 is 9.53 Å². The van der Waals surface area contributed by atoms with Gasteiger partial charge in [0.1, 0.15) is 0 Å². The Hall–Kier alpha value is -1.78. The van der Waals surface area contributed by atoms with E-state index in [4.69, 9.17) is 10.5 Å². The van der Waals surface area contributed by atoms with E-state index in [-0.39, 0.29) is 11.9 Å². The second-order valence-electron chi connectivity index (χ2n) is 3.30. The Morgan fingerprint density at radius 3 is 3.07 bits per heavy atom. The SMILES string of the molecule is COc1cc(NC(C)CC(N)=O)ccn1. The van der Waals surface area contributed by atoms with E-state index >= 15 is 0 Å². The van der Waals surface area contributed by atoms with Crippen LogP contribution in [0.1, 0.15) is 13.3 Å². The number of hydrogen-bond acceptors (Lipinski definition) is 4. The van der Waals surface area contributed by atoms with E-state index in [1.807, 2.05) is 6.92 Å². The lowest BCUT2D eigenvalue weighted by Gasteiger charge is -2.13. The number of nitrogens with zero attached hydrogens (tertiary/aromatic N) is 1. The van der Waals surface area contributed by atoms with Crippen molar-refractivity contribution in [2.75, 3.05) is 12.4 Å². The van der Waals surface area contributed by atoms with Gasteiger partial charge in [0.15, 0.2) is 0 Å². The molecule has 0 aliphatic carbocycles. The van der Waals surface area contributed by atoms with Crippen LogP contribution in [0.25, 0.3) is 0 Å². The van der Waals surface area contributed by atoms with Crippen molar-refractivity contribution in [3.63, 3.8) is 0 Å². The van der Waals surface area contributed by atoms with Crippen LogP contribution in [0.3, 0.4) is 0 Å². The zero-order valence-electron chi connectivity index (χ0n) is 8.86. The first kappa shape index (κ1) is 11.3. The summed E-state index contributed by atoms with van der Waals surface area (Å²) in [5.41, 5.74) is 5.94. The second-order valence-corrected chi connectivity index (χ2v) is 3.30. The number of carbonyl (C=O) groups is 1. The molecule has 0 saturated heterocycles. The minimum Gasteiger partial charge on any atom is -0.481 e. The number of methoxy groups -OCH3 is 1. The molecule has 1 amide bonds. The molecule has 0 spiro atoms. The largest absolute Gasteiger partial charge is 0.481 e. The number of nitrogens with one attached hydrogen (secondary N) is 1. The van der Waals surface area contributed by atoms with Gasteiger partial charge in [-0.1, -0.05) is 0 Å². The summed E-state index contributed by atoms with van der Waals surface area (Å²) < 4.78 is 4.97. The molecule has 1 aromatic rings. The van der Waals surface area contributed by atoms with Crippen molar-refractivity contribution in [2.45, 2.75) is 19.4 Å². The molecule has 1 heterocycles. The number of ether oxygens (including phenoxy) is 1. The molecule has 3 N–H and O–H groups in total. The van der Waals surface area contributed by atoms with Gasteiger partial charge < -0.3 is 15.8 Å².